The van der Waals surface area contributed by atoms with Gasteiger partial charge in [-0.05, 0) is 33.8 Å². The number of carbonyl (C=O) groups is 1. The van der Waals surface area contributed by atoms with Gasteiger partial charge in [-0.15, -0.1) is 0 Å². The van der Waals surface area contributed by atoms with E-state index in [-0.39, 0.29) is 5.91 Å². The molecule has 0 saturated carbocycles. The third-order valence-electron chi connectivity index (χ3n) is 2.89. The fraction of sp³-hybridized carbons (Fsp3) is 0.692. The molecule has 0 aliphatic carbocycles. The lowest BCUT2D eigenvalue weighted by Gasteiger charge is -2.18. The lowest BCUT2D eigenvalue weighted by Crippen LogP contribution is -2.37. The SMILES string of the molecule is CCN(CC)C(=O)CNCc1ccn(C(C)C)n1. The van der Waals surface area contributed by atoms with Crippen molar-refractivity contribution in [2.45, 2.75) is 40.3 Å². The molecule has 0 bridgehead atoms. The highest BCUT2D eigenvalue weighted by Gasteiger charge is 2.09. The first-order valence-corrected chi connectivity index (χ1v) is 6.61. The number of carbonyl (C=O) groups excluding carboxylic acids is 1. The van der Waals surface area contributed by atoms with Crippen LogP contribution in [0.4, 0.5) is 0 Å². The van der Waals surface area contributed by atoms with E-state index in [4.69, 9.17) is 0 Å². The minimum Gasteiger partial charge on any atom is -0.342 e. The zero-order chi connectivity index (χ0) is 13.5. The van der Waals surface area contributed by atoms with Gasteiger partial charge in [0.05, 0.1) is 12.2 Å². The van der Waals surface area contributed by atoms with Crippen LogP contribution in [0.3, 0.4) is 0 Å². The minimum atomic E-state index is 0.142. The summed E-state index contributed by atoms with van der Waals surface area (Å²) in [7, 11) is 0. The normalized spacial score (nSPS) is 10.9. The molecule has 0 saturated heterocycles. The molecule has 1 rings (SSSR count). The van der Waals surface area contributed by atoms with Gasteiger partial charge in [0.1, 0.15) is 0 Å². The molecular formula is C13H24N4O. The van der Waals surface area contributed by atoms with E-state index in [9.17, 15) is 4.79 Å². The summed E-state index contributed by atoms with van der Waals surface area (Å²) < 4.78 is 1.92. The predicted octanol–water partition coefficient (Wildman–Crippen LogP) is 1.42. The van der Waals surface area contributed by atoms with Crippen LogP contribution in [0.25, 0.3) is 0 Å². The molecule has 0 aliphatic rings. The summed E-state index contributed by atoms with van der Waals surface area (Å²) >= 11 is 0. The van der Waals surface area contributed by atoms with Crippen molar-refractivity contribution in [2.75, 3.05) is 19.6 Å². The van der Waals surface area contributed by atoms with Crippen LogP contribution in [0.1, 0.15) is 39.4 Å². The highest BCUT2D eigenvalue weighted by Crippen LogP contribution is 2.03. The standard InChI is InChI=1S/C13H24N4O/c1-5-16(6-2)13(18)10-14-9-12-7-8-17(15-12)11(3)4/h7-8,11,14H,5-6,9-10H2,1-4H3. The quantitative estimate of drug-likeness (QED) is 0.798. The zero-order valence-electron chi connectivity index (χ0n) is 11.8. The van der Waals surface area contributed by atoms with E-state index in [1.807, 2.05) is 35.7 Å². The highest BCUT2D eigenvalue weighted by atomic mass is 16.2. The van der Waals surface area contributed by atoms with E-state index in [0.29, 0.717) is 19.1 Å². The van der Waals surface area contributed by atoms with E-state index < -0.39 is 0 Å². The lowest BCUT2D eigenvalue weighted by atomic mass is 10.4. The lowest BCUT2D eigenvalue weighted by molar-refractivity contribution is -0.129. The first kappa shape index (κ1) is 14.7. The van der Waals surface area contributed by atoms with Crippen molar-refractivity contribution in [1.29, 1.82) is 0 Å². The molecule has 1 N–H and O–H groups in total. The Balaban J connectivity index is 2.34. The fourth-order valence-corrected chi connectivity index (χ4v) is 1.74. The maximum atomic E-state index is 11.7. The van der Waals surface area contributed by atoms with Crippen molar-refractivity contribution in [3.05, 3.63) is 18.0 Å². The molecule has 0 unspecified atom stereocenters. The average molecular weight is 252 g/mol. The van der Waals surface area contributed by atoms with Gasteiger partial charge in [-0.2, -0.15) is 5.10 Å². The van der Waals surface area contributed by atoms with Crippen LogP contribution in [-0.2, 0) is 11.3 Å². The van der Waals surface area contributed by atoms with E-state index in [1.54, 1.807) is 0 Å². The molecule has 0 atom stereocenters. The van der Waals surface area contributed by atoms with Gasteiger partial charge in [-0.3, -0.25) is 9.48 Å². The van der Waals surface area contributed by atoms with Crippen molar-refractivity contribution in [1.82, 2.24) is 20.0 Å². The molecule has 1 aromatic rings. The molecule has 5 heteroatoms. The predicted molar refractivity (Wildman–Crippen MR) is 72.2 cm³/mol. The molecule has 1 aromatic heterocycles. The number of rotatable bonds is 7. The summed E-state index contributed by atoms with van der Waals surface area (Å²) in [4.78, 5) is 13.6. The monoisotopic (exact) mass is 252 g/mol. The Morgan fingerprint density at radius 3 is 2.61 bits per heavy atom. The van der Waals surface area contributed by atoms with Crippen LogP contribution >= 0.6 is 0 Å². The molecule has 102 valence electrons. The van der Waals surface area contributed by atoms with Gasteiger partial charge in [-0.1, -0.05) is 0 Å². The van der Waals surface area contributed by atoms with Gasteiger partial charge in [0.25, 0.3) is 0 Å². The Bertz CT molecular complexity index is 369. The number of nitrogens with zero attached hydrogens (tertiary/aromatic N) is 3. The van der Waals surface area contributed by atoms with E-state index >= 15 is 0 Å². The molecule has 0 fully saturated rings. The Morgan fingerprint density at radius 1 is 1.44 bits per heavy atom. The van der Waals surface area contributed by atoms with Crippen LogP contribution < -0.4 is 5.32 Å². The summed E-state index contributed by atoms with van der Waals surface area (Å²) in [6, 6.07) is 2.35. The Morgan fingerprint density at radius 2 is 2.11 bits per heavy atom. The summed E-state index contributed by atoms with van der Waals surface area (Å²) in [6.07, 6.45) is 1.97. The van der Waals surface area contributed by atoms with E-state index in [0.717, 1.165) is 18.8 Å². The Kier molecular flexibility index (Phi) is 5.85. The smallest absolute Gasteiger partial charge is 0.236 e. The van der Waals surface area contributed by atoms with Gasteiger partial charge in [0.15, 0.2) is 0 Å². The van der Waals surface area contributed by atoms with Crippen molar-refractivity contribution in [3.8, 4) is 0 Å². The third kappa shape index (κ3) is 4.14. The molecular weight excluding hydrogens is 228 g/mol. The van der Waals surface area contributed by atoms with Crippen molar-refractivity contribution in [2.24, 2.45) is 0 Å². The van der Waals surface area contributed by atoms with Crippen molar-refractivity contribution in [3.63, 3.8) is 0 Å². The number of amides is 1. The van der Waals surface area contributed by atoms with Crippen LogP contribution in [0, 0.1) is 0 Å². The molecule has 0 radical (unpaired) electrons. The minimum absolute atomic E-state index is 0.142. The summed E-state index contributed by atoms with van der Waals surface area (Å²) in [5, 5.41) is 7.56. The Hall–Kier alpha value is -1.36. The number of hydrogen-bond donors (Lipinski definition) is 1. The summed E-state index contributed by atoms with van der Waals surface area (Å²) in [5.41, 5.74) is 0.969. The number of likely N-dealkylation sites (N-methyl/N-ethyl adjacent to an activating group) is 1. The molecule has 0 aromatic carbocycles. The second kappa shape index (κ2) is 7.16. The van der Waals surface area contributed by atoms with Gasteiger partial charge >= 0.3 is 0 Å². The number of nitrogens with one attached hydrogen (secondary N) is 1. The Labute approximate surface area is 109 Å². The van der Waals surface area contributed by atoms with Gasteiger partial charge < -0.3 is 10.2 Å². The summed E-state index contributed by atoms with van der Waals surface area (Å²) in [5.74, 6) is 0.142. The molecule has 5 nitrogen and oxygen atoms in total. The average Bonchev–Trinajstić information content (AvgIpc) is 2.79. The summed E-state index contributed by atoms with van der Waals surface area (Å²) in [6.45, 7) is 10.7. The first-order valence-electron chi connectivity index (χ1n) is 6.61. The fourth-order valence-electron chi connectivity index (χ4n) is 1.74. The molecule has 1 amide bonds. The van der Waals surface area contributed by atoms with Crippen LogP contribution in [0.2, 0.25) is 0 Å². The number of hydrogen-bond acceptors (Lipinski definition) is 3. The maximum absolute atomic E-state index is 11.7. The van der Waals surface area contributed by atoms with Gasteiger partial charge in [0, 0.05) is 31.9 Å². The van der Waals surface area contributed by atoms with Gasteiger partial charge in [-0.25, -0.2) is 0 Å². The zero-order valence-corrected chi connectivity index (χ0v) is 11.8. The van der Waals surface area contributed by atoms with Crippen molar-refractivity contribution < 1.29 is 4.79 Å². The topological polar surface area (TPSA) is 50.2 Å². The van der Waals surface area contributed by atoms with Crippen molar-refractivity contribution >= 4 is 5.91 Å². The molecule has 0 aliphatic heterocycles. The largest absolute Gasteiger partial charge is 0.342 e. The molecule has 0 spiro atoms. The first-order chi connectivity index (χ1) is 8.58. The third-order valence-corrected chi connectivity index (χ3v) is 2.89. The second-order valence-corrected chi connectivity index (χ2v) is 4.55. The maximum Gasteiger partial charge on any atom is 0.236 e. The molecule has 1 heterocycles. The number of aromatic nitrogens is 2. The van der Waals surface area contributed by atoms with E-state index in [1.165, 1.54) is 0 Å². The highest BCUT2D eigenvalue weighted by molar-refractivity contribution is 5.78. The van der Waals surface area contributed by atoms with Gasteiger partial charge in [0.2, 0.25) is 5.91 Å². The second-order valence-electron chi connectivity index (χ2n) is 4.55. The van der Waals surface area contributed by atoms with E-state index in [2.05, 4.69) is 24.3 Å². The van der Waals surface area contributed by atoms with Crippen LogP contribution in [0.15, 0.2) is 12.3 Å². The van der Waals surface area contributed by atoms with Crippen LogP contribution in [0.5, 0.6) is 0 Å². The molecule has 18 heavy (non-hydrogen) atoms. The van der Waals surface area contributed by atoms with Crippen LogP contribution in [-0.4, -0.2) is 40.2 Å².